The molecule has 0 radical (unpaired) electrons. The molecular weight excluding hydrogens is 119 g/mol. The summed E-state index contributed by atoms with van der Waals surface area (Å²) in [5.41, 5.74) is -0.946. The molecule has 0 aliphatic heterocycles. The van der Waals surface area contributed by atoms with Gasteiger partial charge < -0.3 is 5.11 Å². The van der Waals surface area contributed by atoms with Gasteiger partial charge in [0.1, 0.15) is 6.67 Å². The Morgan fingerprint density at radius 2 is 1.78 bits per heavy atom. The monoisotopic (exact) mass is 132 g/mol. The van der Waals surface area contributed by atoms with Gasteiger partial charge >= 0.3 is 0 Å². The van der Waals surface area contributed by atoms with Crippen LogP contribution in [-0.4, -0.2) is 17.4 Å². The number of hydrogen-bond donors (Lipinski definition) is 1. The van der Waals surface area contributed by atoms with Gasteiger partial charge in [-0.1, -0.05) is 19.3 Å². The molecule has 54 valence electrons. The SMILES string of the molecule is OC1(CF)CCCCC1. The molecule has 1 saturated carbocycles. The minimum Gasteiger partial charge on any atom is -0.387 e. The van der Waals surface area contributed by atoms with Gasteiger partial charge in [-0.15, -0.1) is 0 Å². The lowest BCUT2D eigenvalue weighted by atomic mass is 9.86. The van der Waals surface area contributed by atoms with Crippen LogP contribution in [0, 0.1) is 0 Å². The number of aliphatic hydroxyl groups is 1. The summed E-state index contributed by atoms with van der Waals surface area (Å²) in [5, 5.41) is 9.30. The van der Waals surface area contributed by atoms with Crippen LogP contribution in [0.2, 0.25) is 0 Å². The van der Waals surface area contributed by atoms with Crippen molar-refractivity contribution in [2.75, 3.05) is 6.67 Å². The fourth-order valence-electron chi connectivity index (χ4n) is 1.34. The number of halogens is 1. The van der Waals surface area contributed by atoms with E-state index in [9.17, 15) is 9.50 Å². The van der Waals surface area contributed by atoms with Gasteiger partial charge in [-0.3, -0.25) is 0 Å². The highest BCUT2D eigenvalue weighted by Gasteiger charge is 2.28. The standard InChI is InChI=1S/C7H13FO/c8-6-7(9)4-2-1-3-5-7/h9H,1-6H2. The molecule has 1 N–H and O–H groups in total. The van der Waals surface area contributed by atoms with Crippen LogP contribution >= 0.6 is 0 Å². The second-order valence-electron chi connectivity index (χ2n) is 2.92. The molecule has 0 atom stereocenters. The quantitative estimate of drug-likeness (QED) is 0.575. The van der Waals surface area contributed by atoms with E-state index in [2.05, 4.69) is 0 Å². The van der Waals surface area contributed by atoms with Crippen molar-refractivity contribution in [2.24, 2.45) is 0 Å². The van der Waals surface area contributed by atoms with Gasteiger partial charge in [-0.25, -0.2) is 4.39 Å². The van der Waals surface area contributed by atoms with Crippen LogP contribution in [0.25, 0.3) is 0 Å². The first-order chi connectivity index (χ1) is 4.27. The molecule has 0 aromatic rings. The molecule has 1 rings (SSSR count). The van der Waals surface area contributed by atoms with Crippen molar-refractivity contribution in [1.82, 2.24) is 0 Å². The maximum Gasteiger partial charge on any atom is 0.118 e. The normalized spacial score (nSPS) is 26.0. The fraction of sp³-hybridized carbons (Fsp3) is 1.00. The van der Waals surface area contributed by atoms with E-state index in [1.54, 1.807) is 0 Å². The molecule has 0 bridgehead atoms. The maximum absolute atomic E-state index is 12.0. The second-order valence-corrected chi connectivity index (χ2v) is 2.92. The lowest BCUT2D eigenvalue weighted by molar-refractivity contribution is -0.0168. The Hall–Kier alpha value is -0.110. The molecule has 1 fully saturated rings. The molecular formula is C7H13FO. The Balaban J connectivity index is 2.37. The van der Waals surface area contributed by atoms with Crippen LogP contribution < -0.4 is 0 Å². The Morgan fingerprint density at radius 1 is 1.22 bits per heavy atom. The summed E-state index contributed by atoms with van der Waals surface area (Å²) in [6, 6.07) is 0. The van der Waals surface area contributed by atoms with Crippen molar-refractivity contribution < 1.29 is 9.50 Å². The molecule has 2 heteroatoms. The fourth-order valence-corrected chi connectivity index (χ4v) is 1.34. The Morgan fingerprint density at radius 3 is 2.11 bits per heavy atom. The molecule has 0 heterocycles. The second kappa shape index (κ2) is 2.65. The summed E-state index contributed by atoms with van der Waals surface area (Å²) in [5.74, 6) is 0. The van der Waals surface area contributed by atoms with Crippen LogP contribution in [0.1, 0.15) is 32.1 Å². The minimum atomic E-state index is -0.946. The van der Waals surface area contributed by atoms with Crippen LogP contribution in [0.4, 0.5) is 4.39 Å². The largest absolute Gasteiger partial charge is 0.387 e. The van der Waals surface area contributed by atoms with Gasteiger partial charge in [0.15, 0.2) is 0 Å². The summed E-state index contributed by atoms with van der Waals surface area (Å²) < 4.78 is 12.0. The van der Waals surface area contributed by atoms with Crippen LogP contribution in [0.3, 0.4) is 0 Å². The first-order valence-corrected chi connectivity index (χ1v) is 3.55. The smallest absolute Gasteiger partial charge is 0.118 e. The molecule has 0 aromatic carbocycles. The van der Waals surface area contributed by atoms with Crippen molar-refractivity contribution in [3.05, 3.63) is 0 Å². The van der Waals surface area contributed by atoms with Crippen LogP contribution in [-0.2, 0) is 0 Å². The van der Waals surface area contributed by atoms with Gasteiger partial charge in [-0.2, -0.15) is 0 Å². The van der Waals surface area contributed by atoms with Gasteiger partial charge in [0, 0.05) is 0 Å². The summed E-state index contributed by atoms with van der Waals surface area (Å²) in [6.07, 6.45) is 4.44. The predicted molar refractivity (Wildman–Crippen MR) is 34.0 cm³/mol. The summed E-state index contributed by atoms with van der Waals surface area (Å²) in [6.45, 7) is -0.562. The summed E-state index contributed by atoms with van der Waals surface area (Å²) >= 11 is 0. The van der Waals surface area contributed by atoms with Crippen LogP contribution in [0.5, 0.6) is 0 Å². The van der Waals surface area contributed by atoms with Gasteiger partial charge in [0.2, 0.25) is 0 Å². The molecule has 0 spiro atoms. The van der Waals surface area contributed by atoms with E-state index in [-0.39, 0.29) is 0 Å². The topological polar surface area (TPSA) is 20.2 Å². The van der Waals surface area contributed by atoms with Crippen molar-refractivity contribution >= 4 is 0 Å². The molecule has 0 amide bonds. The molecule has 0 aromatic heterocycles. The van der Waals surface area contributed by atoms with E-state index in [0.29, 0.717) is 12.8 Å². The third-order valence-corrected chi connectivity index (χ3v) is 2.03. The average molecular weight is 132 g/mol. The van der Waals surface area contributed by atoms with Gasteiger partial charge in [0.05, 0.1) is 5.60 Å². The first kappa shape index (κ1) is 7.00. The highest BCUT2D eigenvalue weighted by atomic mass is 19.1. The van der Waals surface area contributed by atoms with E-state index in [4.69, 9.17) is 0 Å². The third-order valence-electron chi connectivity index (χ3n) is 2.03. The zero-order chi connectivity index (χ0) is 6.74. The van der Waals surface area contributed by atoms with Crippen molar-refractivity contribution in [2.45, 2.75) is 37.7 Å². The molecule has 0 unspecified atom stereocenters. The lowest BCUT2D eigenvalue weighted by Gasteiger charge is -2.28. The average Bonchev–Trinajstić information content (AvgIpc) is 1.90. The highest BCUT2D eigenvalue weighted by Crippen LogP contribution is 2.27. The molecule has 9 heavy (non-hydrogen) atoms. The Bertz CT molecular complexity index is 86.9. The third kappa shape index (κ3) is 1.65. The van der Waals surface area contributed by atoms with E-state index < -0.39 is 12.3 Å². The molecule has 0 saturated heterocycles. The molecule has 1 aliphatic rings. The maximum atomic E-state index is 12.0. The number of rotatable bonds is 1. The minimum absolute atomic E-state index is 0.562. The lowest BCUT2D eigenvalue weighted by Crippen LogP contribution is -2.33. The first-order valence-electron chi connectivity index (χ1n) is 3.55. The van der Waals surface area contributed by atoms with Crippen molar-refractivity contribution in [3.8, 4) is 0 Å². The van der Waals surface area contributed by atoms with Gasteiger partial charge in [0.25, 0.3) is 0 Å². The van der Waals surface area contributed by atoms with Crippen LogP contribution in [0.15, 0.2) is 0 Å². The van der Waals surface area contributed by atoms with E-state index in [1.807, 2.05) is 0 Å². The van der Waals surface area contributed by atoms with Crippen molar-refractivity contribution in [1.29, 1.82) is 0 Å². The Labute approximate surface area is 54.9 Å². The van der Waals surface area contributed by atoms with Gasteiger partial charge in [-0.05, 0) is 12.8 Å². The number of alkyl halides is 1. The Kier molecular flexibility index (Phi) is 2.06. The van der Waals surface area contributed by atoms with E-state index in [1.165, 1.54) is 0 Å². The molecule has 1 aliphatic carbocycles. The highest BCUT2D eigenvalue weighted by molar-refractivity contribution is 4.80. The zero-order valence-corrected chi connectivity index (χ0v) is 5.57. The van der Waals surface area contributed by atoms with Crippen molar-refractivity contribution in [3.63, 3.8) is 0 Å². The van der Waals surface area contributed by atoms with E-state index >= 15 is 0 Å². The number of hydrogen-bond acceptors (Lipinski definition) is 1. The van der Waals surface area contributed by atoms with E-state index in [0.717, 1.165) is 19.3 Å². The predicted octanol–water partition coefficient (Wildman–Crippen LogP) is 1.65. The summed E-state index contributed by atoms with van der Waals surface area (Å²) in [4.78, 5) is 0. The summed E-state index contributed by atoms with van der Waals surface area (Å²) in [7, 11) is 0. The zero-order valence-electron chi connectivity index (χ0n) is 5.57. The molecule has 1 nitrogen and oxygen atoms in total.